The first-order valence-electron chi connectivity index (χ1n) is 7.26. The molecule has 142 valence electrons. The molecule has 0 rings (SSSR count). The van der Waals surface area contributed by atoms with Crippen molar-refractivity contribution >= 4 is 29.9 Å². The molecule has 3 N–H and O–H groups in total. The second kappa shape index (κ2) is 11.6. The van der Waals surface area contributed by atoms with Crippen LogP contribution < -0.4 is 10.6 Å². The number of carbonyl (C=O) groups is 5. The zero-order valence-corrected chi connectivity index (χ0v) is 14.2. The number of urea groups is 1. The Labute approximate surface area is 144 Å². The van der Waals surface area contributed by atoms with E-state index in [1.54, 1.807) is 0 Å². The lowest BCUT2D eigenvalue weighted by molar-refractivity contribution is -0.145. The van der Waals surface area contributed by atoms with Gasteiger partial charge in [0, 0.05) is 12.8 Å². The molecule has 25 heavy (non-hydrogen) atoms. The zero-order chi connectivity index (χ0) is 19.4. The molecular weight excluding hydrogens is 340 g/mol. The van der Waals surface area contributed by atoms with E-state index in [0.29, 0.717) is 0 Å². The molecule has 2 unspecified atom stereocenters. The minimum atomic E-state index is -1.21. The van der Waals surface area contributed by atoms with Crippen LogP contribution in [0, 0.1) is 0 Å². The van der Waals surface area contributed by atoms with Gasteiger partial charge in [0.25, 0.3) is 0 Å². The first-order valence-corrected chi connectivity index (χ1v) is 7.26. The van der Waals surface area contributed by atoms with E-state index < -0.39 is 42.0 Å². The van der Waals surface area contributed by atoms with Crippen LogP contribution in [-0.4, -0.2) is 68.4 Å². The normalized spacial score (nSPS) is 12.3. The molecule has 0 spiro atoms. The minimum Gasteiger partial charge on any atom is -0.481 e. The van der Waals surface area contributed by atoms with Gasteiger partial charge in [0.15, 0.2) is 0 Å². The van der Waals surface area contributed by atoms with Crippen LogP contribution in [0.5, 0.6) is 0 Å². The number of amides is 2. The molecule has 0 saturated heterocycles. The highest BCUT2D eigenvalue weighted by Gasteiger charge is 2.26. The zero-order valence-electron chi connectivity index (χ0n) is 14.2. The number of aliphatic carboxylic acids is 1. The average Bonchev–Trinajstić information content (AvgIpc) is 2.59. The van der Waals surface area contributed by atoms with Crippen molar-refractivity contribution in [2.45, 2.75) is 37.8 Å². The van der Waals surface area contributed by atoms with Crippen LogP contribution >= 0.6 is 0 Å². The van der Waals surface area contributed by atoms with E-state index in [4.69, 9.17) is 5.11 Å². The van der Waals surface area contributed by atoms with Crippen molar-refractivity contribution in [3.63, 3.8) is 0 Å². The van der Waals surface area contributed by atoms with Crippen LogP contribution in [-0.2, 0) is 33.4 Å². The van der Waals surface area contributed by atoms with E-state index in [2.05, 4.69) is 24.8 Å². The second-order valence-corrected chi connectivity index (χ2v) is 4.82. The summed E-state index contributed by atoms with van der Waals surface area (Å²) < 4.78 is 13.5. The molecule has 11 nitrogen and oxygen atoms in total. The standard InChI is InChI=1S/C14H22N2O9/c1-23-11(19)7-5-9(13(21)25-3)16-14(22)15-8(12(20)24-2)4-6-10(17)18/h8-9H,4-7H2,1-3H3,(H,17,18)(H2,15,16,22). The van der Waals surface area contributed by atoms with Gasteiger partial charge < -0.3 is 30.0 Å². The smallest absolute Gasteiger partial charge is 0.328 e. The largest absolute Gasteiger partial charge is 0.481 e. The van der Waals surface area contributed by atoms with Crippen molar-refractivity contribution in [3.8, 4) is 0 Å². The highest BCUT2D eigenvalue weighted by Crippen LogP contribution is 2.03. The molecule has 2 amide bonds. The quantitative estimate of drug-likeness (QED) is 0.334. The highest BCUT2D eigenvalue weighted by molar-refractivity contribution is 5.87. The van der Waals surface area contributed by atoms with E-state index in [-0.39, 0.29) is 25.7 Å². The highest BCUT2D eigenvalue weighted by atomic mass is 16.5. The summed E-state index contributed by atoms with van der Waals surface area (Å²) in [5.41, 5.74) is 0. The van der Waals surface area contributed by atoms with Gasteiger partial charge in [-0.25, -0.2) is 14.4 Å². The fraction of sp³-hybridized carbons (Fsp3) is 0.643. The maximum atomic E-state index is 12.0. The molecule has 0 aromatic heterocycles. The predicted molar refractivity (Wildman–Crippen MR) is 81.4 cm³/mol. The number of rotatable bonds is 10. The average molecular weight is 362 g/mol. The van der Waals surface area contributed by atoms with Crippen LogP contribution in [0.3, 0.4) is 0 Å². The number of hydrogen-bond donors (Lipinski definition) is 3. The van der Waals surface area contributed by atoms with Crippen LogP contribution in [0.15, 0.2) is 0 Å². The summed E-state index contributed by atoms with van der Waals surface area (Å²) in [6.07, 6.45) is -0.788. The molecule has 0 aromatic rings. The van der Waals surface area contributed by atoms with Gasteiger partial charge in [-0.3, -0.25) is 9.59 Å². The molecule has 0 aliphatic heterocycles. The summed E-state index contributed by atoms with van der Waals surface area (Å²) in [4.78, 5) is 56.9. The van der Waals surface area contributed by atoms with Gasteiger partial charge in [-0.2, -0.15) is 0 Å². The maximum absolute atomic E-state index is 12.0. The molecule has 11 heteroatoms. The topological polar surface area (TPSA) is 157 Å². The maximum Gasteiger partial charge on any atom is 0.328 e. The summed E-state index contributed by atoms with van der Waals surface area (Å²) >= 11 is 0. The molecule has 0 saturated carbocycles. The lowest BCUT2D eigenvalue weighted by Crippen LogP contribution is -2.51. The van der Waals surface area contributed by atoms with Gasteiger partial charge in [-0.15, -0.1) is 0 Å². The predicted octanol–water partition coefficient (Wildman–Crippen LogP) is -0.813. The lowest BCUT2D eigenvalue weighted by atomic mass is 10.1. The number of esters is 3. The van der Waals surface area contributed by atoms with Crippen molar-refractivity contribution in [2.24, 2.45) is 0 Å². The van der Waals surface area contributed by atoms with Gasteiger partial charge in [0.2, 0.25) is 0 Å². The molecule has 0 radical (unpaired) electrons. The Bertz CT molecular complexity index is 507. The fourth-order valence-corrected chi connectivity index (χ4v) is 1.77. The molecule has 0 aromatic carbocycles. The molecule has 0 heterocycles. The number of ether oxygens (including phenoxy) is 3. The van der Waals surface area contributed by atoms with Crippen molar-refractivity contribution in [3.05, 3.63) is 0 Å². The number of carboxylic acids is 1. The van der Waals surface area contributed by atoms with Gasteiger partial charge >= 0.3 is 29.9 Å². The third kappa shape index (κ3) is 9.13. The van der Waals surface area contributed by atoms with Crippen LogP contribution in [0.1, 0.15) is 25.7 Å². The Morgan fingerprint density at radius 3 is 1.60 bits per heavy atom. The van der Waals surface area contributed by atoms with Crippen LogP contribution in [0.4, 0.5) is 4.79 Å². The van der Waals surface area contributed by atoms with E-state index in [1.165, 1.54) is 7.11 Å². The first kappa shape index (κ1) is 22.1. The van der Waals surface area contributed by atoms with Crippen molar-refractivity contribution in [1.29, 1.82) is 0 Å². The number of methoxy groups -OCH3 is 3. The Balaban J connectivity index is 4.82. The van der Waals surface area contributed by atoms with Crippen LogP contribution in [0.2, 0.25) is 0 Å². The summed E-state index contributed by atoms with van der Waals surface area (Å²) in [6.45, 7) is 0. The van der Waals surface area contributed by atoms with Gasteiger partial charge in [-0.05, 0) is 12.8 Å². The van der Waals surface area contributed by atoms with Crippen molar-refractivity contribution < 1.29 is 43.3 Å². The summed E-state index contributed by atoms with van der Waals surface area (Å²) in [6, 6.07) is -3.28. The van der Waals surface area contributed by atoms with E-state index in [0.717, 1.165) is 14.2 Å². The molecule has 0 fully saturated rings. The number of nitrogens with one attached hydrogen (secondary N) is 2. The molecule has 0 bridgehead atoms. The monoisotopic (exact) mass is 362 g/mol. The Kier molecular flexibility index (Phi) is 10.3. The van der Waals surface area contributed by atoms with Gasteiger partial charge in [0.05, 0.1) is 21.3 Å². The molecule has 0 aliphatic rings. The third-order valence-electron chi connectivity index (χ3n) is 3.09. The van der Waals surface area contributed by atoms with E-state index >= 15 is 0 Å². The van der Waals surface area contributed by atoms with Crippen molar-refractivity contribution in [1.82, 2.24) is 10.6 Å². The van der Waals surface area contributed by atoms with Crippen molar-refractivity contribution in [2.75, 3.05) is 21.3 Å². The number of carbonyl (C=O) groups excluding carboxylic acids is 4. The Morgan fingerprint density at radius 2 is 1.24 bits per heavy atom. The van der Waals surface area contributed by atoms with E-state index in [9.17, 15) is 24.0 Å². The summed E-state index contributed by atoms with van der Waals surface area (Å²) in [7, 11) is 3.37. The van der Waals surface area contributed by atoms with Gasteiger partial charge in [-0.1, -0.05) is 0 Å². The summed E-state index contributed by atoms with van der Waals surface area (Å²) in [5.74, 6) is -3.36. The Hall–Kier alpha value is -2.85. The second-order valence-electron chi connectivity index (χ2n) is 4.82. The lowest BCUT2D eigenvalue weighted by Gasteiger charge is -2.20. The van der Waals surface area contributed by atoms with Gasteiger partial charge in [0.1, 0.15) is 12.1 Å². The van der Waals surface area contributed by atoms with E-state index in [1.807, 2.05) is 0 Å². The Morgan fingerprint density at radius 1 is 0.800 bits per heavy atom. The van der Waals surface area contributed by atoms with Crippen LogP contribution in [0.25, 0.3) is 0 Å². The number of hydrogen-bond acceptors (Lipinski definition) is 8. The third-order valence-corrected chi connectivity index (χ3v) is 3.09. The molecule has 0 aliphatic carbocycles. The molecule has 2 atom stereocenters. The minimum absolute atomic E-state index is 0.0786. The fourth-order valence-electron chi connectivity index (χ4n) is 1.77. The SMILES string of the molecule is COC(=O)CCC(NC(=O)NC(CCC(=O)O)C(=O)OC)C(=O)OC. The first-order chi connectivity index (χ1) is 11.7. The number of carboxylic acid groups (broad SMARTS) is 1. The summed E-state index contributed by atoms with van der Waals surface area (Å²) in [5, 5.41) is 13.1. The molecular formula is C14H22N2O9.